The van der Waals surface area contributed by atoms with Crippen LogP contribution in [0.25, 0.3) is 21.1 Å². The molecule has 9 heteroatoms. The molecule has 32 heavy (non-hydrogen) atoms. The lowest BCUT2D eigenvalue weighted by atomic mass is 10.2. The molecule has 4 N–H and O–H groups in total. The number of thiophene rings is 1. The van der Waals surface area contributed by atoms with Crippen LogP contribution in [-0.4, -0.2) is 51.1 Å². The van der Waals surface area contributed by atoms with Gasteiger partial charge in [0, 0.05) is 59.4 Å². The highest BCUT2D eigenvalue weighted by atomic mass is 32.1. The maximum absolute atomic E-state index is 13.1. The molecule has 0 spiro atoms. The molecule has 0 radical (unpaired) electrons. The summed E-state index contributed by atoms with van der Waals surface area (Å²) in [5, 5.41) is 16.1. The SMILES string of the molecule is Cc1cc2cc(Nc3ccnc4cc(C(=O)N5CC6C(C5)C6NC(=O)O)sc34)ccc2[nH]1. The highest BCUT2D eigenvalue weighted by Crippen LogP contribution is 2.46. The molecule has 4 heterocycles. The van der Waals surface area contributed by atoms with E-state index in [1.54, 1.807) is 6.20 Å². The minimum absolute atomic E-state index is 0.00978. The number of aromatic amines is 1. The third-order valence-corrected chi connectivity index (χ3v) is 7.57. The van der Waals surface area contributed by atoms with Crippen molar-refractivity contribution in [1.82, 2.24) is 20.2 Å². The molecule has 1 aliphatic carbocycles. The predicted octanol–water partition coefficient (Wildman–Crippen LogP) is 4.17. The van der Waals surface area contributed by atoms with Crippen LogP contribution in [0, 0.1) is 18.8 Å². The Balaban J connectivity index is 1.22. The van der Waals surface area contributed by atoms with Crippen molar-refractivity contribution in [3.8, 4) is 0 Å². The number of H-pyrrole nitrogens is 1. The predicted molar refractivity (Wildman–Crippen MR) is 124 cm³/mol. The molecule has 2 atom stereocenters. The van der Waals surface area contributed by atoms with E-state index in [0.717, 1.165) is 38.2 Å². The van der Waals surface area contributed by atoms with Crippen molar-refractivity contribution in [3.05, 3.63) is 53.2 Å². The van der Waals surface area contributed by atoms with Crippen LogP contribution < -0.4 is 10.6 Å². The van der Waals surface area contributed by atoms with Gasteiger partial charge in [-0.2, -0.15) is 0 Å². The minimum Gasteiger partial charge on any atom is -0.465 e. The van der Waals surface area contributed by atoms with Crippen molar-refractivity contribution in [3.63, 3.8) is 0 Å². The van der Waals surface area contributed by atoms with Crippen molar-refractivity contribution in [2.75, 3.05) is 18.4 Å². The van der Waals surface area contributed by atoms with E-state index in [0.29, 0.717) is 18.0 Å². The van der Waals surface area contributed by atoms with E-state index in [9.17, 15) is 9.59 Å². The standard InChI is InChI=1S/C23H21N5O3S/c1-11-6-12-7-13(2-3-16(12)25-11)26-17-4-5-24-18-8-19(32-21(17)18)22(29)28-9-14-15(10-28)20(14)27-23(30)31/h2-8,14-15,20,25,27H,9-10H2,1H3,(H,24,26)(H,30,31). The summed E-state index contributed by atoms with van der Waals surface area (Å²) in [5.41, 5.74) is 4.90. The Labute approximate surface area is 187 Å². The zero-order chi connectivity index (χ0) is 22.0. The van der Waals surface area contributed by atoms with E-state index >= 15 is 0 Å². The summed E-state index contributed by atoms with van der Waals surface area (Å²) in [7, 11) is 0. The van der Waals surface area contributed by atoms with Crippen LogP contribution >= 0.6 is 11.3 Å². The zero-order valence-corrected chi connectivity index (χ0v) is 18.1. The third-order valence-electron chi connectivity index (χ3n) is 6.43. The van der Waals surface area contributed by atoms with Gasteiger partial charge in [0.15, 0.2) is 0 Å². The largest absolute Gasteiger partial charge is 0.465 e. The van der Waals surface area contributed by atoms with Gasteiger partial charge in [-0.1, -0.05) is 0 Å². The first-order valence-electron chi connectivity index (χ1n) is 10.5. The molecular formula is C23H21N5O3S. The minimum atomic E-state index is -0.997. The first kappa shape index (κ1) is 19.1. The number of amides is 2. The maximum atomic E-state index is 13.1. The molecule has 2 aliphatic rings. The fourth-order valence-electron chi connectivity index (χ4n) is 4.86. The number of pyridine rings is 1. The molecule has 3 aromatic heterocycles. The average molecular weight is 448 g/mol. The second kappa shape index (κ2) is 6.96. The Morgan fingerprint density at radius 3 is 2.78 bits per heavy atom. The van der Waals surface area contributed by atoms with E-state index in [2.05, 4.69) is 38.8 Å². The fourth-order valence-corrected chi connectivity index (χ4v) is 5.91. The van der Waals surface area contributed by atoms with Crippen LogP contribution in [0.3, 0.4) is 0 Å². The molecule has 0 bridgehead atoms. The van der Waals surface area contributed by atoms with Crippen molar-refractivity contribution >= 4 is 55.8 Å². The van der Waals surface area contributed by atoms with Gasteiger partial charge in [-0.05, 0) is 43.3 Å². The zero-order valence-electron chi connectivity index (χ0n) is 17.3. The fraction of sp³-hybridized carbons (Fsp3) is 0.261. The van der Waals surface area contributed by atoms with Gasteiger partial charge in [-0.25, -0.2) is 4.79 Å². The number of anilines is 2. The number of hydrogen-bond acceptors (Lipinski definition) is 5. The smallest absolute Gasteiger partial charge is 0.404 e. The van der Waals surface area contributed by atoms with Crippen LogP contribution in [0.1, 0.15) is 15.4 Å². The Morgan fingerprint density at radius 2 is 2.00 bits per heavy atom. The van der Waals surface area contributed by atoms with Crippen molar-refractivity contribution in [1.29, 1.82) is 0 Å². The highest BCUT2D eigenvalue weighted by Gasteiger charge is 2.57. The van der Waals surface area contributed by atoms with Gasteiger partial charge in [0.25, 0.3) is 5.91 Å². The Hall–Kier alpha value is -3.59. The number of benzene rings is 1. The van der Waals surface area contributed by atoms with Crippen LogP contribution in [-0.2, 0) is 0 Å². The number of fused-ring (bicyclic) bond motifs is 3. The molecular weight excluding hydrogens is 426 g/mol. The number of aryl methyl sites for hydroxylation is 1. The number of piperidine rings is 1. The third kappa shape index (κ3) is 3.16. The van der Waals surface area contributed by atoms with Crippen LogP contribution in [0.2, 0.25) is 0 Å². The lowest BCUT2D eigenvalue weighted by molar-refractivity contribution is 0.0776. The maximum Gasteiger partial charge on any atom is 0.404 e. The summed E-state index contributed by atoms with van der Waals surface area (Å²) in [6.45, 7) is 3.23. The molecule has 162 valence electrons. The number of carbonyl (C=O) groups excluding carboxylic acids is 1. The van der Waals surface area contributed by atoms with E-state index in [1.165, 1.54) is 11.3 Å². The average Bonchev–Trinajstić information content (AvgIpc) is 3.20. The monoisotopic (exact) mass is 447 g/mol. The summed E-state index contributed by atoms with van der Waals surface area (Å²) in [6.07, 6.45) is 0.751. The first-order valence-corrected chi connectivity index (χ1v) is 11.3. The summed E-state index contributed by atoms with van der Waals surface area (Å²) in [5.74, 6) is 0.447. The van der Waals surface area contributed by atoms with Crippen molar-refractivity contribution in [2.24, 2.45) is 11.8 Å². The molecule has 1 aromatic carbocycles. The van der Waals surface area contributed by atoms with E-state index in [-0.39, 0.29) is 23.8 Å². The number of nitrogens with zero attached hydrogens (tertiary/aromatic N) is 2. The lowest BCUT2D eigenvalue weighted by Crippen LogP contribution is -2.36. The van der Waals surface area contributed by atoms with E-state index in [4.69, 9.17) is 5.11 Å². The van der Waals surface area contributed by atoms with Gasteiger partial charge >= 0.3 is 6.09 Å². The van der Waals surface area contributed by atoms with Crippen LogP contribution in [0.5, 0.6) is 0 Å². The van der Waals surface area contributed by atoms with Gasteiger partial charge < -0.3 is 25.6 Å². The van der Waals surface area contributed by atoms with Gasteiger partial charge in [0.1, 0.15) is 0 Å². The molecule has 2 fully saturated rings. The molecule has 1 saturated carbocycles. The molecule has 8 nitrogen and oxygen atoms in total. The summed E-state index contributed by atoms with van der Waals surface area (Å²) < 4.78 is 0.941. The Bertz CT molecular complexity index is 1380. The number of hydrogen-bond donors (Lipinski definition) is 4. The Kier molecular flexibility index (Phi) is 4.16. The van der Waals surface area contributed by atoms with Crippen LogP contribution in [0.4, 0.5) is 16.2 Å². The molecule has 6 rings (SSSR count). The van der Waals surface area contributed by atoms with Crippen LogP contribution in [0.15, 0.2) is 42.6 Å². The topological polar surface area (TPSA) is 110 Å². The molecule has 2 amide bonds. The number of carbonyl (C=O) groups is 2. The molecule has 2 unspecified atom stereocenters. The summed E-state index contributed by atoms with van der Waals surface area (Å²) in [6, 6.07) is 12.1. The number of likely N-dealkylation sites (tertiary alicyclic amines) is 1. The van der Waals surface area contributed by atoms with Gasteiger partial charge in [-0.15, -0.1) is 11.3 Å². The first-order chi connectivity index (χ1) is 15.5. The Morgan fingerprint density at radius 1 is 1.19 bits per heavy atom. The molecule has 1 saturated heterocycles. The van der Waals surface area contributed by atoms with Gasteiger partial charge in [-0.3, -0.25) is 9.78 Å². The number of rotatable bonds is 4. The quantitative estimate of drug-likeness (QED) is 0.375. The normalized spacial score (nSPS) is 21.7. The van der Waals surface area contributed by atoms with Gasteiger partial charge in [0.05, 0.1) is 20.8 Å². The molecule has 4 aromatic rings. The van der Waals surface area contributed by atoms with E-state index < -0.39 is 6.09 Å². The number of carboxylic acid groups (broad SMARTS) is 1. The van der Waals surface area contributed by atoms with Gasteiger partial charge in [0.2, 0.25) is 0 Å². The van der Waals surface area contributed by atoms with Crippen molar-refractivity contribution in [2.45, 2.75) is 13.0 Å². The summed E-state index contributed by atoms with van der Waals surface area (Å²) in [4.78, 5) is 34.2. The summed E-state index contributed by atoms with van der Waals surface area (Å²) >= 11 is 1.44. The van der Waals surface area contributed by atoms with Crippen molar-refractivity contribution < 1.29 is 14.7 Å². The highest BCUT2D eigenvalue weighted by molar-refractivity contribution is 7.21. The number of aromatic nitrogens is 2. The lowest BCUT2D eigenvalue weighted by Gasteiger charge is -2.19. The second-order valence-electron chi connectivity index (χ2n) is 8.58. The van der Waals surface area contributed by atoms with E-state index in [1.807, 2.05) is 30.0 Å². The second-order valence-corrected chi connectivity index (χ2v) is 9.63. The molecule has 1 aliphatic heterocycles. The number of nitrogens with one attached hydrogen (secondary N) is 3.